The van der Waals surface area contributed by atoms with Gasteiger partial charge in [0, 0.05) is 17.5 Å². The number of nitrogens with two attached hydrogens (primary N) is 1. The highest BCUT2D eigenvalue weighted by Crippen LogP contribution is 2.36. The molecule has 7 heteroatoms. The zero-order chi connectivity index (χ0) is 19.3. The second-order valence-electron chi connectivity index (χ2n) is 7.13. The Morgan fingerprint density at radius 1 is 1.14 bits per heavy atom. The van der Waals surface area contributed by atoms with Crippen molar-refractivity contribution in [2.45, 2.75) is 25.2 Å². The first-order valence-electron chi connectivity index (χ1n) is 9.16. The first-order valence-corrected chi connectivity index (χ1v) is 9.16. The third-order valence-corrected chi connectivity index (χ3v) is 5.35. The number of nitrogen functional groups attached to an aromatic ring is 1. The van der Waals surface area contributed by atoms with Crippen molar-refractivity contribution < 1.29 is 9.50 Å². The molecule has 0 amide bonds. The Kier molecular flexibility index (Phi) is 3.75. The summed E-state index contributed by atoms with van der Waals surface area (Å²) in [5.41, 5.74) is 10.2. The molecule has 0 spiro atoms. The number of rotatable bonds is 2. The predicted molar refractivity (Wildman–Crippen MR) is 103 cm³/mol. The van der Waals surface area contributed by atoms with E-state index in [-0.39, 0.29) is 17.5 Å². The summed E-state index contributed by atoms with van der Waals surface area (Å²) in [7, 11) is 0. The maximum atomic E-state index is 13.9. The molecule has 2 heterocycles. The Labute approximate surface area is 160 Å². The lowest BCUT2D eigenvalue weighted by molar-refractivity contribution is 0.469. The minimum atomic E-state index is -0.542. The number of nitrogens with zero attached hydrogens (tertiary/aromatic N) is 4. The van der Waals surface area contributed by atoms with E-state index < -0.39 is 5.82 Å². The average Bonchev–Trinajstić information content (AvgIpc) is 3.08. The molecular weight excluding hydrogens is 357 g/mol. The minimum Gasteiger partial charge on any atom is -0.508 e. The third-order valence-electron chi connectivity index (χ3n) is 5.35. The summed E-state index contributed by atoms with van der Waals surface area (Å²) < 4.78 is 15.6. The van der Waals surface area contributed by atoms with Gasteiger partial charge in [0.25, 0.3) is 0 Å². The Bertz CT molecular complexity index is 1180. The summed E-state index contributed by atoms with van der Waals surface area (Å²) in [6.45, 7) is 0. The molecule has 0 saturated heterocycles. The monoisotopic (exact) mass is 375 g/mol. The molecule has 4 aromatic rings. The topological polar surface area (TPSA) is 89.3 Å². The number of aromatic hydroxyl groups is 1. The molecule has 140 valence electrons. The smallest absolute Gasteiger partial charge is 0.153 e. The van der Waals surface area contributed by atoms with Gasteiger partial charge in [0.2, 0.25) is 0 Å². The van der Waals surface area contributed by atoms with Gasteiger partial charge in [-0.2, -0.15) is 5.10 Å². The largest absolute Gasteiger partial charge is 0.508 e. The highest BCUT2D eigenvalue weighted by molar-refractivity contribution is 5.85. The van der Waals surface area contributed by atoms with Crippen LogP contribution < -0.4 is 5.73 Å². The van der Waals surface area contributed by atoms with Crippen LogP contribution in [0.25, 0.3) is 16.8 Å². The lowest BCUT2D eigenvalue weighted by atomic mass is 9.83. The first kappa shape index (κ1) is 16.7. The number of fused-ring (bicyclic) bond motifs is 2. The van der Waals surface area contributed by atoms with Crippen molar-refractivity contribution in [3.05, 3.63) is 71.6 Å². The number of phenols is 1. The van der Waals surface area contributed by atoms with Gasteiger partial charge in [-0.3, -0.25) is 0 Å². The summed E-state index contributed by atoms with van der Waals surface area (Å²) >= 11 is 0. The summed E-state index contributed by atoms with van der Waals surface area (Å²) in [5.74, 6) is 0.494. The van der Waals surface area contributed by atoms with Crippen LogP contribution in [0.3, 0.4) is 0 Å². The fraction of sp³-hybridized carbons (Fsp3) is 0.190. The first-order chi connectivity index (χ1) is 13.6. The Morgan fingerprint density at radius 3 is 2.79 bits per heavy atom. The molecule has 0 radical (unpaired) electrons. The van der Waals surface area contributed by atoms with E-state index in [1.807, 2.05) is 6.07 Å². The van der Waals surface area contributed by atoms with E-state index in [4.69, 9.17) is 10.7 Å². The van der Waals surface area contributed by atoms with E-state index in [2.05, 4.69) is 28.3 Å². The van der Waals surface area contributed by atoms with Gasteiger partial charge in [-0.1, -0.05) is 24.3 Å². The standard InChI is InChI=1S/C21H18FN5O/c22-16-8-15(9-17(28)10-16)18-19-20(23)24-11-25-27(19)21(26-18)14-6-5-12-3-1-2-4-13(12)7-14/h1-4,8-11,14,28H,5-7H2,(H2,23,24,25). The normalized spacial score (nSPS) is 16.2. The van der Waals surface area contributed by atoms with Crippen molar-refractivity contribution in [3.63, 3.8) is 0 Å². The van der Waals surface area contributed by atoms with Gasteiger partial charge in [-0.25, -0.2) is 18.9 Å². The van der Waals surface area contributed by atoms with Crippen LogP contribution in [0.4, 0.5) is 10.2 Å². The van der Waals surface area contributed by atoms with Crippen LogP contribution in [0, 0.1) is 5.82 Å². The second-order valence-corrected chi connectivity index (χ2v) is 7.13. The summed E-state index contributed by atoms with van der Waals surface area (Å²) in [4.78, 5) is 8.88. The van der Waals surface area contributed by atoms with Crippen LogP contribution in [-0.4, -0.2) is 24.7 Å². The van der Waals surface area contributed by atoms with Crippen LogP contribution >= 0.6 is 0 Å². The van der Waals surface area contributed by atoms with Crippen LogP contribution in [-0.2, 0) is 12.8 Å². The van der Waals surface area contributed by atoms with Gasteiger partial charge < -0.3 is 10.8 Å². The molecule has 0 saturated carbocycles. The highest BCUT2D eigenvalue weighted by Gasteiger charge is 2.27. The van der Waals surface area contributed by atoms with Gasteiger partial charge in [-0.15, -0.1) is 0 Å². The molecule has 0 aliphatic heterocycles. The van der Waals surface area contributed by atoms with Crippen molar-refractivity contribution in [1.29, 1.82) is 0 Å². The van der Waals surface area contributed by atoms with Crippen molar-refractivity contribution in [3.8, 4) is 17.0 Å². The molecular formula is C21H18FN5O. The fourth-order valence-corrected chi connectivity index (χ4v) is 4.07. The number of phenolic OH excluding ortho intramolecular Hbond substituents is 1. The Hall–Kier alpha value is -3.48. The van der Waals surface area contributed by atoms with E-state index >= 15 is 0 Å². The molecule has 2 aromatic carbocycles. The molecule has 0 fully saturated rings. The molecule has 1 aliphatic rings. The van der Waals surface area contributed by atoms with Crippen LogP contribution in [0.5, 0.6) is 5.75 Å². The van der Waals surface area contributed by atoms with E-state index in [0.717, 1.165) is 31.2 Å². The van der Waals surface area contributed by atoms with Gasteiger partial charge >= 0.3 is 0 Å². The number of hydrogen-bond acceptors (Lipinski definition) is 5. The van der Waals surface area contributed by atoms with Crippen molar-refractivity contribution >= 4 is 11.3 Å². The molecule has 1 unspecified atom stereocenters. The SMILES string of the molecule is Nc1ncnn2c(C3CCc4ccccc4C3)nc(-c3cc(O)cc(F)c3)c12. The number of aromatic nitrogens is 4. The number of halogens is 1. The van der Waals surface area contributed by atoms with Crippen molar-refractivity contribution in [2.24, 2.45) is 0 Å². The molecule has 2 aromatic heterocycles. The second kappa shape index (κ2) is 6.30. The lowest BCUT2D eigenvalue weighted by Crippen LogP contribution is -2.16. The van der Waals surface area contributed by atoms with E-state index in [1.165, 1.54) is 29.6 Å². The number of imidazole rings is 1. The third kappa shape index (κ3) is 2.67. The maximum Gasteiger partial charge on any atom is 0.153 e. The number of anilines is 1. The lowest BCUT2D eigenvalue weighted by Gasteiger charge is -2.23. The number of aryl methyl sites for hydroxylation is 1. The Balaban J connectivity index is 1.68. The Morgan fingerprint density at radius 2 is 1.96 bits per heavy atom. The minimum absolute atomic E-state index is 0.160. The quantitative estimate of drug-likeness (QED) is 0.560. The molecule has 1 aliphatic carbocycles. The zero-order valence-electron chi connectivity index (χ0n) is 15.0. The number of hydrogen-bond donors (Lipinski definition) is 2. The van der Waals surface area contributed by atoms with Crippen LogP contribution in [0.2, 0.25) is 0 Å². The van der Waals surface area contributed by atoms with E-state index in [0.29, 0.717) is 16.8 Å². The van der Waals surface area contributed by atoms with Gasteiger partial charge in [0.1, 0.15) is 34.9 Å². The molecule has 6 nitrogen and oxygen atoms in total. The van der Waals surface area contributed by atoms with Gasteiger partial charge in [-0.05, 0) is 42.5 Å². The molecule has 1 atom stereocenters. The van der Waals surface area contributed by atoms with Crippen LogP contribution in [0.15, 0.2) is 48.8 Å². The van der Waals surface area contributed by atoms with E-state index in [9.17, 15) is 9.50 Å². The van der Waals surface area contributed by atoms with E-state index in [1.54, 1.807) is 4.52 Å². The molecule has 28 heavy (non-hydrogen) atoms. The summed E-state index contributed by atoms with van der Waals surface area (Å²) in [5, 5.41) is 14.2. The fourth-order valence-electron chi connectivity index (χ4n) is 4.07. The number of benzene rings is 2. The van der Waals surface area contributed by atoms with Crippen molar-refractivity contribution in [1.82, 2.24) is 19.6 Å². The molecule has 3 N–H and O–H groups in total. The highest BCUT2D eigenvalue weighted by atomic mass is 19.1. The van der Waals surface area contributed by atoms with Gasteiger partial charge in [0.15, 0.2) is 5.82 Å². The van der Waals surface area contributed by atoms with Crippen molar-refractivity contribution in [2.75, 3.05) is 5.73 Å². The van der Waals surface area contributed by atoms with Gasteiger partial charge in [0.05, 0.1) is 0 Å². The maximum absolute atomic E-state index is 13.9. The zero-order valence-corrected chi connectivity index (χ0v) is 15.0. The predicted octanol–water partition coefficient (Wildman–Crippen LogP) is 3.49. The molecule has 0 bridgehead atoms. The summed E-state index contributed by atoms with van der Waals surface area (Å²) in [6.07, 6.45) is 4.16. The van der Waals surface area contributed by atoms with Crippen LogP contribution in [0.1, 0.15) is 29.3 Å². The summed E-state index contributed by atoms with van der Waals surface area (Å²) in [6, 6.07) is 12.3. The average molecular weight is 375 g/mol. The molecule has 5 rings (SSSR count).